The molecule has 28 heavy (non-hydrogen) atoms. The van der Waals surface area contributed by atoms with Crippen LogP contribution in [-0.2, 0) is 11.0 Å². The fourth-order valence-electron chi connectivity index (χ4n) is 2.79. The Kier molecular flexibility index (Phi) is 9.83. The van der Waals surface area contributed by atoms with E-state index >= 15 is 0 Å². The Morgan fingerprint density at radius 1 is 1.18 bits per heavy atom. The van der Waals surface area contributed by atoms with Crippen molar-refractivity contribution in [2.75, 3.05) is 45.9 Å². The molecule has 1 aromatic carbocycles. The van der Waals surface area contributed by atoms with E-state index in [9.17, 15) is 18.0 Å². The number of amides is 1. The largest absolute Gasteiger partial charge is 0.491 e. The number of hydrogen-bond donors (Lipinski definition) is 1. The molecule has 1 heterocycles. The third-order valence-electron chi connectivity index (χ3n) is 4.16. The number of nitrogens with zero attached hydrogens (tertiary/aromatic N) is 3. The first-order valence-corrected chi connectivity index (χ1v) is 8.90. The van der Waals surface area contributed by atoms with Crippen LogP contribution in [0.15, 0.2) is 29.3 Å². The van der Waals surface area contributed by atoms with Crippen LogP contribution >= 0.6 is 24.0 Å². The zero-order valence-corrected chi connectivity index (χ0v) is 18.3. The van der Waals surface area contributed by atoms with E-state index in [1.165, 1.54) is 18.2 Å². The standard InChI is InChI=1S/C18H25F3N4O2.HI/c1-3-22-17(25-11-9-24(10-12-25)14(2)26)23-8-13-27-16-7-5-4-6-15(16)18(19,20)21;/h4-7H,3,8-13H2,1-2H3,(H,22,23);1H. The molecular weight excluding hydrogens is 488 g/mol. The monoisotopic (exact) mass is 514 g/mol. The van der Waals surface area contributed by atoms with Crippen molar-refractivity contribution < 1.29 is 22.7 Å². The molecule has 0 spiro atoms. The van der Waals surface area contributed by atoms with Crippen molar-refractivity contribution in [2.24, 2.45) is 4.99 Å². The van der Waals surface area contributed by atoms with E-state index in [1.54, 1.807) is 11.8 Å². The number of carbonyl (C=O) groups excluding carboxylic acids is 1. The van der Waals surface area contributed by atoms with Crippen LogP contribution in [-0.4, -0.2) is 67.5 Å². The van der Waals surface area contributed by atoms with E-state index in [4.69, 9.17) is 4.74 Å². The molecule has 0 saturated carbocycles. The van der Waals surface area contributed by atoms with Gasteiger partial charge >= 0.3 is 6.18 Å². The van der Waals surface area contributed by atoms with Crippen LogP contribution in [0.5, 0.6) is 5.75 Å². The summed E-state index contributed by atoms with van der Waals surface area (Å²) in [7, 11) is 0. The fourth-order valence-corrected chi connectivity index (χ4v) is 2.79. The summed E-state index contributed by atoms with van der Waals surface area (Å²) in [5.41, 5.74) is -0.791. The van der Waals surface area contributed by atoms with E-state index in [0.29, 0.717) is 38.7 Å². The van der Waals surface area contributed by atoms with Crippen molar-refractivity contribution in [1.29, 1.82) is 0 Å². The lowest BCUT2D eigenvalue weighted by Crippen LogP contribution is -2.53. The maximum Gasteiger partial charge on any atom is 0.419 e. The molecule has 10 heteroatoms. The molecule has 0 aliphatic carbocycles. The number of guanidine groups is 1. The number of piperazine rings is 1. The molecule has 0 atom stereocenters. The third-order valence-corrected chi connectivity index (χ3v) is 4.16. The molecule has 1 aromatic rings. The van der Waals surface area contributed by atoms with Gasteiger partial charge in [0.1, 0.15) is 12.4 Å². The van der Waals surface area contributed by atoms with Crippen LogP contribution in [0.2, 0.25) is 0 Å². The van der Waals surface area contributed by atoms with Gasteiger partial charge in [0.15, 0.2) is 5.96 Å². The third kappa shape index (κ3) is 7.02. The van der Waals surface area contributed by atoms with Crippen molar-refractivity contribution in [2.45, 2.75) is 20.0 Å². The number of rotatable bonds is 5. The second-order valence-electron chi connectivity index (χ2n) is 6.07. The first-order valence-electron chi connectivity index (χ1n) is 8.90. The molecule has 1 aliphatic heterocycles. The Balaban J connectivity index is 0.00000392. The fraction of sp³-hybridized carbons (Fsp3) is 0.556. The minimum atomic E-state index is -4.45. The average Bonchev–Trinajstić information content (AvgIpc) is 2.64. The lowest BCUT2D eigenvalue weighted by molar-refractivity contribution is -0.139. The minimum Gasteiger partial charge on any atom is -0.491 e. The van der Waals surface area contributed by atoms with Gasteiger partial charge in [0.2, 0.25) is 5.91 Å². The highest BCUT2D eigenvalue weighted by molar-refractivity contribution is 14.0. The quantitative estimate of drug-likeness (QED) is 0.284. The van der Waals surface area contributed by atoms with Crippen molar-refractivity contribution >= 4 is 35.8 Å². The number of halogens is 4. The van der Waals surface area contributed by atoms with Crippen LogP contribution in [0.3, 0.4) is 0 Å². The van der Waals surface area contributed by atoms with E-state index in [1.807, 2.05) is 11.8 Å². The first-order chi connectivity index (χ1) is 12.8. The van der Waals surface area contributed by atoms with Crippen LogP contribution in [0.1, 0.15) is 19.4 Å². The van der Waals surface area contributed by atoms with Crippen LogP contribution in [0.25, 0.3) is 0 Å². The number of ether oxygens (including phenoxy) is 1. The van der Waals surface area contributed by atoms with Crippen LogP contribution in [0.4, 0.5) is 13.2 Å². The molecule has 1 aliphatic rings. The molecule has 1 fully saturated rings. The summed E-state index contributed by atoms with van der Waals surface area (Å²) in [5, 5.41) is 3.17. The van der Waals surface area contributed by atoms with Gasteiger partial charge in [-0.3, -0.25) is 4.79 Å². The molecule has 0 radical (unpaired) electrons. The highest BCUT2D eigenvalue weighted by Gasteiger charge is 2.33. The van der Waals surface area contributed by atoms with Gasteiger partial charge in [-0.15, -0.1) is 24.0 Å². The molecule has 1 N–H and O–H groups in total. The molecule has 1 amide bonds. The van der Waals surface area contributed by atoms with Crippen molar-refractivity contribution in [1.82, 2.24) is 15.1 Å². The van der Waals surface area contributed by atoms with E-state index < -0.39 is 11.7 Å². The summed E-state index contributed by atoms with van der Waals surface area (Å²) < 4.78 is 44.2. The molecule has 6 nitrogen and oxygen atoms in total. The number of alkyl halides is 3. The van der Waals surface area contributed by atoms with E-state index in [-0.39, 0.29) is 48.8 Å². The van der Waals surface area contributed by atoms with Gasteiger partial charge in [0.25, 0.3) is 0 Å². The number of hydrogen-bond acceptors (Lipinski definition) is 3. The number of carbonyl (C=O) groups is 1. The maximum absolute atomic E-state index is 13.0. The van der Waals surface area contributed by atoms with E-state index in [2.05, 4.69) is 10.3 Å². The summed E-state index contributed by atoms with van der Waals surface area (Å²) in [4.78, 5) is 19.7. The Labute approximate surface area is 180 Å². The highest BCUT2D eigenvalue weighted by Crippen LogP contribution is 2.35. The molecule has 1 saturated heterocycles. The molecule has 158 valence electrons. The number of aliphatic imine (C=N–C) groups is 1. The number of benzene rings is 1. The second kappa shape index (κ2) is 11.3. The lowest BCUT2D eigenvalue weighted by atomic mass is 10.2. The summed E-state index contributed by atoms with van der Waals surface area (Å²) in [6, 6.07) is 5.14. The first kappa shape index (κ1) is 24.3. The summed E-state index contributed by atoms with van der Waals surface area (Å²) >= 11 is 0. The lowest BCUT2D eigenvalue weighted by Gasteiger charge is -2.36. The number of nitrogens with one attached hydrogen (secondary N) is 1. The van der Waals surface area contributed by atoms with Crippen molar-refractivity contribution in [3.8, 4) is 5.75 Å². The second-order valence-corrected chi connectivity index (χ2v) is 6.07. The zero-order valence-electron chi connectivity index (χ0n) is 16.0. The average molecular weight is 514 g/mol. The summed E-state index contributed by atoms with van der Waals surface area (Å²) in [6.07, 6.45) is -4.45. The van der Waals surface area contributed by atoms with Gasteiger partial charge in [0, 0.05) is 39.6 Å². The van der Waals surface area contributed by atoms with Gasteiger partial charge in [-0.25, -0.2) is 4.99 Å². The topological polar surface area (TPSA) is 57.2 Å². The Hall–Kier alpha value is -1.72. The van der Waals surface area contributed by atoms with Gasteiger partial charge in [0.05, 0.1) is 12.1 Å². The molecule has 0 aromatic heterocycles. The Morgan fingerprint density at radius 2 is 1.79 bits per heavy atom. The van der Waals surface area contributed by atoms with Crippen LogP contribution in [0, 0.1) is 0 Å². The molecule has 0 bridgehead atoms. The van der Waals surface area contributed by atoms with Crippen molar-refractivity contribution in [3.05, 3.63) is 29.8 Å². The Morgan fingerprint density at radius 3 is 2.36 bits per heavy atom. The minimum absolute atomic E-state index is 0. The van der Waals surface area contributed by atoms with Crippen molar-refractivity contribution in [3.63, 3.8) is 0 Å². The predicted molar refractivity (Wildman–Crippen MR) is 112 cm³/mol. The summed E-state index contributed by atoms with van der Waals surface area (Å²) in [5.74, 6) is 0.530. The van der Waals surface area contributed by atoms with Gasteiger partial charge in [-0.1, -0.05) is 12.1 Å². The van der Waals surface area contributed by atoms with Crippen LogP contribution < -0.4 is 10.1 Å². The normalized spacial score (nSPS) is 15.1. The SMILES string of the molecule is CCNC(=NCCOc1ccccc1C(F)(F)F)N1CCN(C(C)=O)CC1.I. The predicted octanol–water partition coefficient (Wildman–Crippen LogP) is 2.83. The highest BCUT2D eigenvalue weighted by atomic mass is 127. The Bertz CT molecular complexity index is 662. The number of para-hydroxylation sites is 1. The van der Waals surface area contributed by atoms with Gasteiger partial charge in [-0.2, -0.15) is 13.2 Å². The summed E-state index contributed by atoms with van der Waals surface area (Å²) in [6.45, 7) is 6.97. The van der Waals surface area contributed by atoms with Gasteiger partial charge < -0.3 is 19.9 Å². The molecule has 0 unspecified atom stereocenters. The molecule has 2 rings (SSSR count). The van der Waals surface area contributed by atoms with Gasteiger partial charge in [-0.05, 0) is 19.1 Å². The zero-order chi connectivity index (χ0) is 19.9. The molecular formula is C18H26F3IN4O2. The maximum atomic E-state index is 13.0. The van der Waals surface area contributed by atoms with E-state index in [0.717, 1.165) is 6.07 Å². The smallest absolute Gasteiger partial charge is 0.419 e.